The third-order valence-corrected chi connectivity index (χ3v) is 10.3. The molecule has 2 amide bonds. The summed E-state index contributed by atoms with van der Waals surface area (Å²) in [4.78, 5) is 30.4. The molecule has 2 saturated heterocycles. The van der Waals surface area contributed by atoms with Crippen LogP contribution in [0, 0.1) is 0 Å². The highest BCUT2D eigenvalue weighted by atomic mass is 35.5. The normalized spacial score (nSPS) is 16.4. The monoisotopic (exact) mass is 684 g/mol. The van der Waals surface area contributed by atoms with Gasteiger partial charge < -0.3 is 30.6 Å². The molecule has 14 nitrogen and oxygen atoms in total. The fraction of sp³-hybridized carbons (Fsp3) is 0.290. The Hall–Kier alpha value is -4.70. The van der Waals surface area contributed by atoms with Gasteiger partial charge in [0.15, 0.2) is 0 Å². The van der Waals surface area contributed by atoms with Gasteiger partial charge in [-0.25, -0.2) is 14.3 Å². The van der Waals surface area contributed by atoms with Gasteiger partial charge in [0, 0.05) is 50.9 Å². The van der Waals surface area contributed by atoms with Crippen molar-refractivity contribution in [1.29, 1.82) is 0 Å². The molecule has 0 unspecified atom stereocenters. The number of likely N-dealkylation sites (N-methyl/N-ethyl adjacent to an activating group) is 1. The van der Waals surface area contributed by atoms with E-state index < -0.39 is 15.9 Å². The number of benzene rings is 3. The van der Waals surface area contributed by atoms with E-state index in [4.69, 9.17) is 27.9 Å². The maximum Gasteiger partial charge on any atom is 0.273 e. The van der Waals surface area contributed by atoms with E-state index in [1.54, 1.807) is 66.5 Å². The average Bonchev–Trinajstić information content (AvgIpc) is 3.43. The summed E-state index contributed by atoms with van der Waals surface area (Å²) < 4.78 is 31.3. The van der Waals surface area contributed by atoms with E-state index in [0.29, 0.717) is 72.4 Å². The van der Waals surface area contributed by atoms with Gasteiger partial charge in [-0.3, -0.25) is 24.6 Å². The number of hydrazine groups is 1. The number of amides is 2. The molecule has 2 fully saturated rings. The Morgan fingerprint density at radius 3 is 2.28 bits per heavy atom. The minimum atomic E-state index is -3.35. The number of hydrogen-bond donors (Lipinski definition) is 5. The Balaban J connectivity index is 1.31. The third-order valence-electron chi connectivity index (χ3n) is 8.09. The highest BCUT2D eigenvalue weighted by Crippen LogP contribution is 2.36. The molecule has 250 valence electrons. The summed E-state index contributed by atoms with van der Waals surface area (Å²) in [6.07, 6.45) is 0.549. The lowest BCUT2D eigenvalue weighted by Gasteiger charge is -2.37. The van der Waals surface area contributed by atoms with E-state index in [-0.39, 0.29) is 34.4 Å². The number of nitrogens with zero attached hydrogens (tertiary/aromatic N) is 4. The second-order valence-electron chi connectivity index (χ2n) is 11.1. The van der Waals surface area contributed by atoms with Gasteiger partial charge >= 0.3 is 0 Å². The van der Waals surface area contributed by atoms with E-state index in [1.807, 2.05) is 4.90 Å². The first-order chi connectivity index (χ1) is 22.4. The number of piperazine rings is 1. The van der Waals surface area contributed by atoms with Gasteiger partial charge in [-0.15, -0.1) is 0 Å². The van der Waals surface area contributed by atoms with Crippen LogP contribution in [0.5, 0.6) is 5.75 Å². The van der Waals surface area contributed by atoms with Gasteiger partial charge in [0.2, 0.25) is 10.0 Å². The fourth-order valence-corrected chi connectivity index (χ4v) is 7.50. The Kier molecular flexibility index (Phi) is 10.0. The van der Waals surface area contributed by atoms with Crippen LogP contribution in [0.15, 0.2) is 66.4 Å². The van der Waals surface area contributed by atoms with Crippen molar-refractivity contribution in [1.82, 2.24) is 9.91 Å². The third kappa shape index (κ3) is 7.02. The first kappa shape index (κ1) is 33.7. The smallest absolute Gasteiger partial charge is 0.273 e. The number of nitrogens with two attached hydrogens (primary N) is 2. The Morgan fingerprint density at radius 2 is 1.68 bits per heavy atom. The number of carbonyl (C=O) groups excluding carboxylic acids is 2. The van der Waals surface area contributed by atoms with Crippen LogP contribution >= 0.6 is 11.6 Å². The summed E-state index contributed by atoms with van der Waals surface area (Å²) in [5.41, 5.74) is 11.2. The van der Waals surface area contributed by atoms with E-state index in [9.17, 15) is 23.2 Å². The van der Waals surface area contributed by atoms with Crippen molar-refractivity contribution in [3.05, 3.63) is 82.5 Å². The molecule has 16 heteroatoms. The van der Waals surface area contributed by atoms with Gasteiger partial charge in [-0.1, -0.05) is 23.7 Å². The Morgan fingerprint density at radius 1 is 1.00 bits per heavy atom. The van der Waals surface area contributed by atoms with E-state index in [1.165, 1.54) is 22.5 Å². The molecule has 5 rings (SSSR count). The molecule has 2 aliphatic rings. The second kappa shape index (κ2) is 14.0. The van der Waals surface area contributed by atoms with Gasteiger partial charge in [0.25, 0.3) is 11.8 Å². The quantitative estimate of drug-likeness (QED) is 0.127. The number of ether oxygens (including phenoxy) is 1. The van der Waals surface area contributed by atoms with Gasteiger partial charge in [0.05, 0.1) is 46.3 Å². The number of hydrogen-bond acceptors (Lipinski definition) is 11. The number of para-hydroxylation sites is 1. The molecule has 3 aromatic carbocycles. The van der Waals surface area contributed by atoms with Crippen molar-refractivity contribution in [2.75, 3.05) is 72.6 Å². The van der Waals surface area contributed by atoms with Crippen LogP contribution in [0.4, 0.5) is 22.7 Å². The number of anilines is 4. The zero-order valence-corrected chi connectivity index (χ0v) is 27.5. The van der Waals surface area contributed by atoms with E-state index in [0.717, 1.165) is 0 Å². The first-order valence-corrected chi connectivity index (χ1v) is 16.7. The molecule has 3 aromatic rings. The van der Waals surface area contributed by atoms with Gasteiger partial charge in [0.1, 0.15) is 11.4 Å². The molecule has 47 heavy (non-hydrogen) atoms. The largest absolute Gasteiger partial charge is 0.496 e. The van der Waals surface area contributed by atoms with Crippen molar-refractivity contribution in [3.63, 3.8) is 0 Å². The zero-order chi connectivity index (χ0) is 33.9. The summed E-state index contributed by atoms with van der Waals surface area (Å²) in [7, 11) is -0.281. The minimum Gasteiger partial charge on any atom is -0.496 e. The number of rotatable bonds is 9. The molecule has 7 N–H and O–H groups in total. The molecular formula is C31H37ClN8O6S. The second-order valence-corrected chi connectivity index (χ2v) is 13.5. The van der Waals surface area contributed by atoms with Crippen LogP contribution in [0.1, 0.15) is 22.3 Å². The first-order valence-electron chi connectivity index (χ1n) is 14.8. The molecule has 0 aromatic heterocycles. The molecule has 0 atom stereocenters. The Labute approximate surface area is 278 Å². The lowest BCUT2D eigenvalue weighted by molar-refractivity contribution is -0.128. The fourth-order valence-electron chi connectivity index (χ4n) is 5.65. The predicted molar refractivity (Wildman–Crippen MR) is 182 cm³/mol. The summed E-state index contributed by atoms with van der Waals surface area (Å²) >= 11 is 6.60. The van der Waals surface area contributed by atoms with E-state index in [2.05, 4.69) is 10.8 Å². The molecule has 0 aliphatic carbocycles. The van der Waals surface area contributed by atoms with Crippen LogP contribution in [-0.4, -0.2) is 88.0 Å². The summed E-state index contributed by atoms with van der Waals surface area (Å²) in [5, 5.41) is 14.1. The van der Waals surface area contributed by atoms with Crippen LogP contribution in [0.2, 0.25) is 5.02 Å². The van der Waals surface area contributed by atoms with Crippen molar-refractivity contribution < 1.29 is 28.0 Å². The maximum absolute atomic E-state index is 13.7. The van der Waals surface area contributed by atoms with Crippen LogP contribution in [-0.2, 0) is 14.8 Å². The molecule has 0 saturated carbocycles. The summed E-state index contributed by atoms with van der Waals surface area (Å²) in [5.74, 6) is 5.87. The molecule has 0 radical (unpaired) electrons. The van der Waals surface area contributed by atoms with Crippen molar-refractivity contribution in [3.8, 4) is 5.75 Å². The molecule has 2 aliphatic heterocycles. The SMILES string of the molecule is COc1ccccc1/C(N)=C(\C(=O)N1CCN(c2cc(NC(=O)c3ccc(N4CCCS4(=O)=O)cc3)c(NO)cc2Cl)CC1)N(C)N. The van der Waals surface area contributed by atoms with Gasteiger partial charge in [-0.05, 0) is 55.0 Å². The van der Waals surface area contributed by atoms with Crippen molar-refractivity contribution in [2.45, 2.75) is 6.42 Å². The van der Waals surface area contributed by atoms with Crippen molar-refractivity contribution >= 4 is 61.9 Å². The predicted octanol–water partition coefficient (Wildman–Crippen LogP) is 2.72. The zero-order valence-electron chi connectivity index (χ0n) is 25.9. The number of carbonyl (C=O) groups is 2. The lowest BCUT2D eigenvalue weighted by atomic mass is 10.1. The van der Waals surface area contributed by atoms with E-state index >= 15 is 0 Å². The van der Waals surface area contributed by atoms with Crippen LogP contribution in [0.25, 0.3) is 5.70 Å². The maximum atomic E-state index is 13.7. The highest BCUT2D eigenvalue weighted by Gasteiger charge is 2.30. The minimum absolute atomic E-state index is 0.0953. The number of sulfonamides is 1. The Bertz CT molecular complexity index is 1790. The summed E-state index contributed by atoms with van der Waals surface area (Å²) in [6.45, 7) is 1.86. The molecular weight excluding hydrogens is 648 g/mol. The van der Waals surface area contributed by atoms with Gasteiger partial charge in [-0.2, -0.15) is 0 Å². The van der Waals surface area contributed by atoms with Crippen LogP contribution < -0.4 is 36.3 Å². The number of nitrogens with one attached hydrogen (secondary N) is 2. The number of methoxy groups -OCH3 is 1. The average molecular weight is 685 g/mol. The standard InChI is InChI=1S/C31H37ClN8O6S/c1-37(34)29(28(33)22-6-3-4-7-27(22)46-2)31(42)39-15-13-38(14-16-39)26-19-24(25(36-43)18-23(26)32)35-30(41)20-8-10-21(11-9-20)40-12-5-17-47(40,44)45/h3-4,6-11,18-19,36,43H,5,12-17,33-34H2,1-2H3,(H,35,41)/b29-28-. The molecule has 2 heterocycles. The summed E-state index contributed by atoms with van der Waals surface area (Å²) in [6, 6.07) is 16.5. The topological polar surface area (TPSA) is 187 Å². The number of halogens is 1. The molecule has 0 bridgehead atoms. The molecule has 0 spiro atoms. The van der Waals surface area contributed by atoms with Crippen LogP contribution in [0.3, 0.4) is 0 Å². The van der Waals surface area contributed by atoms with Crippen molar-refractivity contribution in [2.24, 2.45) is 11.6 Å². The lowest BCUT2D eigenvalue weighted by Crippen LogP contribution is -2.51. The highest BCUT2D eigenvalue weighted by molar-refractivity contribution is 7.93.